The number of hydrazone groups is 1. The molecule has 0 spiro atoms. The van der Waals surface area contributed by atoms with Crippen LogP contribution in [-0.2, 0) is 4.74 Å². The maximum absolute atomic E-state index is 13.0. The number of hydrogen-bond donors (Lipinski definition) is 1. The molecule has 2 aromatic rings. The first-order chi connectivity index (χ1) is 12.6. The zero-order valence-electron chi connectivity index (χ0n) is 14.7. The largest absolute Gasteiger partial charge is 0.379 e. The Balaban J connectivity index is 1.77. The van der Waals surface area contributed by atoms with Gasteiger partial charge in [0.2, 0.25) is 0 Å². The fourth-order valence-electron chi connectivity index (χ4n) is 3.05. The van der Waals surface area contributed by atoms with Crippen molar-refractivity contribution in [3.05, 3.63) is 71.5 Å². The molecule has 26 heavy (non-hydrogen) atoms. The molecule has 1 heterocycles. The lowest BCUT2D eigenvalue weighted by Gasteiger charge is -2.34. The minimum atomic E-state index is -0.377. The average molecular weight is 355 g/mol. The summed E-state index contributed by atoms with van der Waals surface area (Å²) in [6.07, 6.45) is 0. The summed E-state index contributed by atoms with van der Waals surface area (Å²) in [6, 6.07) is 15.4. The molecule has 5 nitrogen and oxygen atoms in total. The van der Waals surface area contributed by atoms with Crippen molar-refractivity contribution in [1.82, 2.24) is 10.3 Å². The van der Waals surface area contributed by atoms with Gasteiger partial charge in [0.05, 0.1) is 25.0 Å². The Labute approximate surface area is 152 Å². The van der Waals surface area contributed by atoms with Gasteiger partial charge in [0.25, 0.3) is 5.91 Å². The third kappa shape index (κ3) is 4.53. The van der Waals surface area contributed by atoms with Crippen LogP contribution in [0.1, 0.15) is 28.9 Å². The fourth-order valence-corrected chi connectivity index (χ4v) is 3.05. The van der Waals surface area contributed by atoms with Crippen molar-refractivity contribution in [1.29, 1.82) is 0 Å². The second-order valence-electron chi connectivity index (χ2n) is 6.16. The third-order valence-corrected chi connectivity index (χ3v) is 4.36. The van der Waals surface area contributed by atoms with Gasteiger partial charge in [-0.15, -0.1) is 0 Å². The van der Waals surface area contributed by atoms with Gasteiger partial charge in [-0.3, -0.25) is 9.69 Å². The number of hydrogen-bond acceptors (Lipinski definition) is 4. The van der Waals surface area contributed by atoms with Crippen molar-refractivity contribution in [3.63, 3.8) is 0 Å². The van der Waals surface area contributed by atoms with E-state index in [0.29, 0.717) is 18.8 Å². The van der Waals surface area contributed by atoms with Gasteiger partial charge in [-0.05, 0) is 36.8 Å². The highest BCUT2D eigenvalue weighted by Gasteiger charge is 2.25. The number of nitrogens with zero attached hydrogens (tertiary/aromatic N) is 2. The number of ether oxygens (including phenoxy) is 1. The molecule has 136 valence electrons. The summed E-state index contributed by atoms with van der Waals surface area (Å²) in [7, 11) is 0. The van der Waals surface area contributed by atoms with Crippen LogP contribution in [0.4, 0.5) is 4.39 Å². The number of amides is 1. The number of benzene rings is 2. The van der Waals surface area contributed by atoms with E-state index < -0.39 is 0 Å². The first-order valence-electron chi connectivity index (χ1n) is 8.62. The predicted octanol–water partition coefficient (Wildman–Crippen LogP) is 3.00. The van der Waals surface area contributed by atoms with Crippen LogP contribution in [0.25, 0.3) is 0 Å². The van der Waals surface area contributed by atoms with E-state index in [1.165, 1.54) is 24.3 Å². The van der Waals surface area contributed by atoms with E-state index in [4.69, 9.17) is 4.74 Å². The van der Waals surface area contributed by atoms with Crippen LogP contribution in [0.2, 0.25) is 0 Å². The number of carbonyl (C=O) groups excluding carboxylic acids is 1. The van der Waals surface area contributed by atoms with Crippen LogP contribution in [-0.4, -0.2) is 42.8 Å². The van der Waals surface area contributed by atoms with E-state index in [1.54, 1.807) is 0 Å². The lowest BCUT2D eigenvalue weighted by atomic mass is 10.0. The zero-order chi connectivity index (χ0) is 18.4. The molecule has 2 aromatic carbocycles. The van der Waals surface area contributed by atoms with Gasteiger partial charge >= 0.3 is 0 Å². The minimum absolute atomic E-state index is 0.0337. The topological polar surface area (TPSA) is 53.9 Å². The van der Waals surface area contributed by atoms with Crippen molar-refractivity contribution in [2.45, 2.75) is 13.0 Å². The highest BCUT2D eigenvalue weighted by atomic mass is 19.1. The number of halogens is 1. The maximum Gasteiger partial charge on any atom is 0.271 e. The number of carbonyl (C=O) groups is 1. The number of nitrogens with one attached hydrogen (secondary N) is 1. The SMILES string of the molecule is C/C(=N/NC(=O)c1ccc(F)cc1)[C@@H](c1ccccc1)N1CCOCC1. The molecular weight excluding hydrogens is 333 g/mol. The summed E-state index contributed by atoms with van der Waals surface area (Å²) in [5.74, 6) is -0.740. The zero-order valence-corrected chi connectivity index (χ0v) is 14.7. The first-order valence-corrected chi connectivity index (χ1v) is 8.62. The molecule has 0 aliphatic carbocycles. The molecule has 1 fully saturated rings. The molecular formula is C20H22FN3O2. The smallest absolute Gasteiger partial charge is 0.271 e. The van der Waals surface area contributed by atoms with E-state index in [0.717, 1.165) is 24.4 Å². The first kappa shape index (κ1) is 18.2. The van der Waals surface area contributed by atoms with Crippen molar-refractivity contribution in [3.8, 4) is 0 Å². The molecule has 0 unspecified atom stereocenters. The van der Waals surface area contributed by atoms with Gasteiger partial charge in [0, 0.05) is 18.7 Å². The van der Waals surface area contributed by atoms with Crippen molar-refractivity contribution < 1.29 is 13.9 Å². The van der Waals surface area contributed by atoms with Crippen LogP contribution in [0.5, 0.6) is 0 Å². The highest BCUT2D eigenvalue weighted by Crippen LogP contribution is 2.23. The van der Waals surface area contributed by atoms with Crippen molar-refractivity contribution >= 4 is 11.6 Å². The Morgan fingerprint density at radius 1 is 1.12 bits per heavy atom. The van der Waals surface area contributed by atoms with Gasteiger partial charge in [-0.1, -0.05) is 30.3 Å². The van der Waals surface area contributed by atoms with Gasteiger partial charge in [-0.2, -0.15) is 5.10 Å². The van der Waals surface area contributed by atoms with Crippen LogP contribution in [0.15, 0.2) is 59.7 Å². The standard InChI is InChI=1S/C20H22FN3O2/c1-15(22-23-20(25)17-7-9-18(21)10-8-17)19(16-5-3-2-4-6-16)24-11-13-26-14-12-24/h2-10,19H,11-14H2,1H3,(H,23,25)/b22-15-/t19-/m0/s1. The van der Waals surface area contributed by atoms with E-state index in [-0.39, 0.29) is 17.8 Å². The molecule has 0 radical (unpaired) electrons. The summed E-state index contributed by atoms with van der Waals surface area (Å²) in [4.78, 5) is 14.5. The van der Waals surface area contributed by atoms with Gasteiger partial charge in [0.15, 0.2) is 0 Å². The minimum Gasteiger partial charge on any atom is -0.379 e. The number of rotatable bonds is 5. The van der Waals surface area contributed by atoms with E-state index in [9.17, 15) is 9.18 Å². The number of morpholine rings is 1. The van der Waals surface area contributed by atoms with Crippen LogP contribution >= 0.6 is 0 Å². The van der Waals surface area contributed by atoms with Gasteiger partial charge < -0.3 is 4.74 Å². The van der Waals surface area contributed by atoms with Crippen molar-refractivity contribution in [2.75, 3.05) is 26.3 Å². The summed E-state index contributed by atoms with van der Waals surface area (Å²) in [5, 5.41) is 4.32. The molecule has 0 aromatic heterocycles. The normalized spacial score (nSPS) is 16.9. The Hall–Kier alpha value is -2.57. The lowest BCUT2D eigenvalue weighted by molar-refractivity contribution is 0.0285. The Kier molecular flexibility index (Phi) is 6.09. The van der Waals surface area contributed by atoms with Crippen LogP contribution in [0.3, 0.4) is 0 Å². The quantitative estimate of drug-likeness (QED) is 0.663. The Morgan fingerprint density at radius 3 is 2.42 bits per heavy atom. The molecule has 0 bridgehead atoms. The molecule has 6 heteroatoms. The van der Waals surface area contributed by atoms with E-state index in [1.807, 2.05) is 25.1 Å². The van der Waals surface area contributed by atoms with E-state index in [2.05, 4.69) is 27.6 Å². The second-order valence-corrected chi connectivity index (χ2v) is 6.16. The maximum atomic E-state index is 13.0. The van der Waals surface area contributed by atoms with Gasteiger partial charge in [-0.25, -0.2) is 9.82 Å². The lowest BCUT2D eigenvalue weighted by Crippen LogP contribution is -2.42. The molecule has 0 saturated carbocycles. The Morgan fingerprint density at radius 2 is 1.77 bits per heavy atom. The summed E-state index contributed by atoms with van der Waals surface area (Å²) >= 11 is 0. The summed E-state index contributed by atoms with van der Waals surface area (Å²) in [6.45, 7) is 4.87. The predicted molar refractivity (Wildman–Crippen MR) is 98.6 cm³/mol. The average Bonchev–Trinajstić information content (AvgIpc) is 2.68. The summed E-state index contributed by atoms with van der Waals surface area (Å²) in [5.41, 5.74) is 4.85. The molecule has 1 amide bonds. The highest BCUT2D eigenvalue weighted by molar-refractivity contribution is 5.96. The summed E-state index contributed by atoms with van der Waals surface area (Å²) < 4.78 is 18.4. The Bertz CT molecular complexity index is 756. The molecule has 3 rings (SSSR count). The monoisotopic (exact) mass is 355 g/mol. The molecule has 1 aliphatic rings. The molecule has 1 N–H and O–H groups in total. The second kappa shape index (κ2) is 8.69. The van der Waals surface area contributed by atoms with Crippen LogP contribution < -0.4 is 5.43 Å². The van der Waals surface area contributed by atoms with Crippen LogP contribution in [0, 0.1) is 5.82 Å². The van der Waals surface area contributed by atoms with Gasteiger partial charge in [0.1, 0.15) is 5.82 Å². The fraction of sp³-hybridized carbons (Fsp3) is 0.300. The third-order valence-electron chi connectivity index (χ3n) is 4.36. The molecule has 1 saturated heterocycles. The molecule has 1 atom stereocenters. The molecule has 1 aliphatic heterocycles. The van der Waals surface area contributed by atoms with Crippen molar-refractivity contribution in [2.24, 2.45) is 5.10 Å². The van der Waals surface area contributed by atoms with E-state index >= 15 is 0 Å².